The second-order valence-electron chi connectivity index (χ2n) is 6.04. The Morgan fingerprint density at radius 3 is 2.77 bits per heavy atom. The second kappa shape index (κ2) is 6.34. The molecule has 0 spiro atoms. The lowest BCUT2D eigenvalue weighted by atomic mass is 9.84. The van der Waals surface area contributed by atoms with Gasteiger partial charge in [0.05, 0.1) is 6.54 Å². The first-order chi connectivity index (χ1) is 10.6. The minimum absolute atomic E-state index is 0.0408. The molecule has 1 saturated carbocycles. The van der Waals surface area contributed by atoms with Crippen LogP contribution < -0.4 is 10.5 Å². The van der Waals surface area contributed by atoms with Gasteiger partial charge in [-0.1, -0.05) is 6.42 Å². The Balaban J connectivity index is 1.61. The van der Waals surface area contributed by atoms with Gasteiger partial charge in [0, 0.05) is 24.7 Å². The Morgan fingerprint density at radius 2 is 2.09 bits per heavy atom. The predicted octanol–water partition coefficient (Wildman–Crippen LogP) is 1.35. The molecule has 2 fully saturated rings. The van der Waals surface area contributed by atoms with E-state index in [4.69, 9.17) is 10.5 Å². The van der Waals surface area contributed by atoms with Crippen LogP contribution in [0.25, 0.3) is 0 Å². The van der Waals surface area contributed by atoms with E-state index in [0.29, 0.717) is 12.3 Å². The van der Waals surface area contributed by atoms with Crippen molar-refractivity contribution in [3.63, 3.8) is 0 Å². The van der Waals surface area contributed by atoms with E-state index in [0.717, 1.165) is 38.6 Å². The minimum atomic E-state index is -0.573. The fourth-order valence-corrected chi connectivity index (χ4v) is 2.96. The molecule has 1 aromatic heterocycles. The molecule has 2 N–H and O–H groups in total. The smallest absolute Gasteiger partial charge is 0.267 e. The highest BCUT2D eigenvalue weighted by atomic mass is 16.5. The number of aromatic nitrogens is 1. The lowest BCUT2D eigenvalue weighted by Crippen LogP contribution is -2.47. The number of primary amides is 1. The van der Waals surface area contributed by atoms with Gasteiger partial charge in [-0.15, -0.1) is 0 Å². The van der Waals surface area contributed by atoms with Crippen LogP contribution in [0, 0.1) is 5.92 Å². The number of hydrogen-bond donors (Lipinski definition) is 1. The summed E-state index contributed by atoms with van der Waals surface area (Å²) in [5, 5.41) is 0. The number of likely N-dealkylation sites (tertiary alicyclic amines) is 1. The molecule has 2 heterocycles. The van der Waals surface area contributed by atoms with Crippen LogP contribution in [0.2, 0.25) is 0 Å². The van der Waals surface area contributed by atoms with E-state index < -0.39 is 5.91 Å². The van der Waals surface area contributed by atoms with Gasteiger partial charge in [0.2, 0.25) is 5.91 Å². The molecule has 2 amide bonds. The highest BCUT2D eigenvalue weighted by molar-refractivity contribution is 5.91. The molecule has 22 heavy (non-hydrogen) atoms. The molecule has 1 aromatic rings. The van der Waals surface area contributed by atoms with Crippen LogP contribution in [-0.4, -0.2) is 40.9 Å². The summed E-state index contributed by atoms with van der Waals surface area (Å²) in [6, 6.07) is 3.26. The third-order valence-electron chi connectivity index (χ3n) is 4.43. The van der Waals surface area contributed by atoms with Crippen LogP contribution in [0.15, 0.2) is 18.3 Å². The summed E-state index contributed by atoms with van der Waals surface area (Å²) in [5.74, 6) is 0.496. The molecule has 0 aromatic carbocycles. The van der Waals surface area contributed by atoms with E-state index in [-0.39, 0.29) is 23.6 Å². The number of amides is 2. The average Bonchev–Trinajstić information content (AvgIpc) is 2.46. The summed E-state index contributed by atoms with van der Waals surface area (Å²) >= 11 is 0. The van der Waals surface area contributed by atoms with Crippen LogP contribution >= 0.6 is 0 Å². The maximum Gasteiger partial charge on any atom is 0.267 e. The molecule has 6 heteroatoms. The topological polar surface area (TPSA) is 85.5 Å². The van der Waals surface area contributed by atoms with E-state index in [1.54, 1.807) is 12.1 Å². The van der Waals surface area contributed by atoms with Crippen molar-refractivity contribution < 1.29 is 14.3 Å². The van der Waals surface area contributed by atoms with Gasteiger partial charge in [-0.05, 0) is 31.7 Å². The molecule has 6 nitrogen and oxygen atoms in total. The predicted molar refractivity (Wildman–Crippen MR) is 80.3 cm³/mol. The molecular formula is C16H21N3O3. The zero-order valence-corrected chi connectivity index (χ0v) is 12.5. The molecule has 0 radical (unpaired) electrons. The lowest BCUT2D eigenvalue weighted by molar-refractivity contribution is -0.140. The molecule has 3 rings (SSSR count). The maximum absolute atomic E-state index is 12.3. The van der Waals surface area contributed by atoms with Crippen molar-refractivity contribution >= 4 is 11.8 Å². The Hall–Kier alpha value is -2.11. The third kappa shape index (κ3) is 3.21. The van der Waals surface area contributed by atoms with E-state index in [2.05, 4.69) is 4.98 Å². The maximum atomic E-state index is 12.3. The standard InChI is InChI=1S/C16H21N3O3/c17-15(20)14-9-12(6-7-18-14)22-13-5-2-8-19(10-13)16(21)11-3-1-4-11/h6-7,9,11,13H,1-5,8,10H2,(H2,17,20). The van der Waals surface area contributed by atoms with Gasteiger partial charge in [0.15, 0.2) is 0 Å². The molecule has 1 saturated heterocycles. The Kier molecular flexibility index (Phi) is 4.27. The molecular weight excluding hydrogens is 282 g/mol. The Bertz CT molecular complexity index is 572. The monoisotopic (exact) mass is 303 g/mol. The fourth-order valence-electron chi connectivity index (χ4n) is 2.96. The number of pyridine rings is 1. The zero-order chi connectivity index (χ0) is 15.5. The Labute approximate surface area is 129 Å². The summed E-state index contributed by atoms with van der Waals surface area (Å²) in [7, 11) is 0. The summed E-state index contributed by atoms with van der Waals surface area (Å²) in [6.45, 7) is 1.43. The molecule has 2 aliphatic rings. The number of nitrogens with zero attached hydrogens (tertiary/aromatic N) is 2. The average molecular weight is 303 g/mol. The highest BCUT2D eigenvalue weighted by Crippen LogP contribution is 2.29. The molecule has 1 unspecified atom stereocenters. The number of nitrogens with two attached hydrogens (primary N) is 1. The lowest BCUT2D eigenvalue weighted by Gasteiger charge is -2.37. The van der Waals surface area contributed by atoms with E-state index in [1.165, 1.54) is 6.20 Å². The molecule has 0 bridgehead atoms. The molecule has 1 aliphatic heterocycles. The Morgan fingerprint density at radius 1 is 1.27 bits per heavy atom. The normalized spacial score (nSPS) is 22.0. The van der Waals surface area contributed by atoms with E-state index >= 15 is 0 Å². The minimum Gasteiger partial charge on any atom is -0.488 e. The number of carbonyl (C=O) groups excluding carboxylic acids is 2. The van der Waals surface area contributed by atoms with Crippen molar-refractivity contribution in [1.29, 1.82) is 0 Å². The molecule has 118 valence electrons. The van der Waals surface area contributed by atoms with Gasteiger partial charge in [0.1, 0.15) is 17.5 Å². The van der Waals surface area contributed by atoms with Crippen molar-refractivity contribution in [1.82, 2.24) is 9.88 Å². The van der Waals surface area contributed by atoms with E-state index in [1.807, 2.05) is 4.90 Å². The summed E-state index contributed by atoms with van der Waals surface area (Å²) in [5.41, 5.74) is 5.41. The van der Waals surface area contributed by atoms with Gasteiger partial charge in [-0.3, -0.25) is 14.6 Å². The van der Waals surface area contributed by atoms with Gasteiger partial charge >= 0.3 is 0 Å². The first-order valence-electron chi connectivity index (χ1n) is 7.85. The first kappa shape index (κ1) is 14.8. The van der Waals surface area contributed by atoms with Crippen molar-refractivity contribution in [2.24, 2.45) is 11.7 Å². The van der Waals surface area contributed by atoms with Crippen molar-refractivity contribution in [3.05, 3.63) is 24.0 Å². The number of carbonyl (C=O) groups is 2. The van der Waals surface area contributed by atoms with Crippen LogP contribution in [-0.2, 0) is 4.79 Å². The molecule has 1 atom stereocenters. The van der Waals surface area contributed by atoms with Crippen LogP contribution in [0.4, 0.5) is 0 Å². The second-order valence-corrected chi connectivity index (χ2v) is 6.04. The van der Waals surface area contributed by atoms with Crippen LogP contribution in [0.5, 0.6) is 5.75 Å². The summed E-state index contributed by atoms with van der Waals surface area (Å²) in [6.07, 6.45) is 6.52. The number of rotatable bonds is 4. The quantitative estimate of drug-likeness (QED) is 0.909. The number of ether oxygens (including phenoxy) is 1. The van der Waals surface area contributed by atoms with Gasteiger partial charge < -0.3 is 15.4 Å². The van der Waals surface area contributed by atoms with Crippen LogP contribution in [0.3, 0.4) is 0 Å². The van der Waals surface area contributed by atoms with Gasteiger partial charge in [0.25, 0.3) is 5.91 Å². The van der Waals surface area contributed by atoms with Gasteiger partial charge in [-0.2, -0.15) is 0 Å². The van der Waals surface area contributed by atoms with Crippen molar-refractivity contribution in [3.8, 4) is 5.75 Å². The number of piperidine rings is 1. The summed E-state index contributed by atoms with van der Waals surface area (Å²) < 4.78 is 5.92. The highest BCUT2D eigenvalue weighted by Gasteiger charge is 2.32. The summed E-state index contributed by atoms with van der Waals surface area (Å²) in [4.78, 5) is 29.3. The van der Waals surface area contributed by atoms with Crippen molar-refractivity contribution in [2.75, 3.05) is 13.1 Å². The number of hydrogen-bond acceptors (Lipinski definition) is 4. The van der Waals surface area contributed by atoms with Crippen LogP contribution in [0.1, 0.15) is 42.6 Å². The van der Waals surface area contributed by atoms with Crippen molar-refractivity contribution in [2.45, 2.75) is 38.2 Å². The zero-order valence-electron chi connectivity index (χ0n) is 12.5. The largest absolute Gasteiger partial charge is 0.488 e. The fraction of sp³-hybridized carbons (Fsp3) is 0.562. The SMILES string of the molecule is NC(=O)c1cc(OC2CCCN(C(=O)C3CCC3)C2)ccn1. The third-order valence-corrected chi connectivity index (χ3v) is 4.43. The first-order valence-corrected chi connectivity index (χ1v) is 7.85. The molecule has 1 aliphatic carbocycles. The van der Waals surface area contributed by atoms with E-state index in [9.17, 15) is 9.59 Å². The van der Waals surface area contributed by atoms with Gasteiger partial charge in [-0.25, -0.2) is 0 Å².